The summed E-state index contributed by atoms with van der Waals surface area (Å²) < 4.78 is 0. The van der Waals surface area contributed by atoms with Crippen LogP contribution in [0.4, 0.5) is 0 Å². The third-order valence-electron chi connectivity index (χ3n) is 4.94. The molecule has 30 heavy (non-hydrogen) atoms. The Balaban J connectivity index is 1.87. The van der Waals surface area contributed by atoms with Gasteiger partial charge in [0.1, 0.15) is 0 Å². The monoisotopic (exact) mass is 412 g/mol. The summed E-state index contributed by atoms with van der Waals surface area (Å²) in [6, 6.07) is 24.3. The number of hydrogen-bond donors (Lipinski definition) is 2. The molecule has 2 N–H and O–H groups in total. The van der Waals surface area contributed by atoms with E-state index in [1.54, 1.807) is 12.1 Å². The Morgan fingerprint density at radius 3 is 2.53 bits per heavy atom. The molecule has 0 aliphatic carbocycles. The van der Waals surface area contributed by atoms with Crippen LogP contribution < -0.4 is 0 Å². The molecule has 146 valence electrons. The lowest BCUT2D eigenvalue weighted by Gasteiger charge is -2.05. The topological polar surface area (TPSA) is 76.9 Å². The van der Waals surface area contributed by atoms with Gasteiger partial charge in [-0.05, 0) is 41.5 Å². The van der Waals surface area contributed by atoms with Gasteiger partial charge in [0, 0.05) is 33.6 Å². The largest absolute Gasteiger partial charge is 0.478 e. The number of carbonyl (C=O) groups is 1. The van der Waals surface area contributed by atoms with Gasteiger partial charge in [-0.2, -0.15) is 5.26 Å². The molecule has 4 nitrogen and oxygen atoms in total. The van der Waals surface area contributed by atoms with E-state index in [4.69, 9.17) is 11.6 Å². The fourth-order valence-corrected chi connectivity index (χ4v) is 3.67. The first-order valence-corrected chi connectivity index (χ1v) is 9.72. The molecule has 1 aromatic heterocycles. The molecule has 0 saturated carbocycles. The zero-order valence-corrected chi connectivity index (χ0v) is 16.6. The summed E-state index contributed by atoms with van der Waals surface area (Å²) in [7, 11) is 0. The molecule has 0 saturated heterocycles. The number of allylic oxidation sites excluding steroid dienone is 1. The van der Waals surface area contributed by atoms with Crippen molar-refractivity contribution in [1.82, 2.24) is 4.98 Å². The van der Waals surface area contributed by atoms with E-state index in [-0.39, 0.29) is 5.56 Å². The van der Waals surface area contributed by atoms with Crippen molar-refractivity contribution in [2.45, 2.75) is 6.42 Å². The minimum absolute atomic E-state index is 0.142. The van der Waals surface area contributed by atoms with Crippen LogP contribution in [-0.4, -0.2) is 16.1 Å². The number of carboxylic acids is 1. The van der Waals surface area contributed by atoms with Gasteiger partial charge in [-0.1, -0.05) is 60.1 Å². The van der Waals surface area contributed by atoms with Crippen molar-refractivity contribution in [3.63, 3.8) is 0 Å². The SMILES string of the molecule is N#C/C(=C\c1c(Cc2ccccc2)[nH]c2cc(Cl)ccc12)c1cccc(C(=O)O)c1. The Kier molecular flexibility index (Phi) is 5.38. The van der Waals surface area contributed by atoms with Gasteiger partial charge in [-0.15, -0.1) is 0 Å². The van der Waals surface area contributed by atoms with Crippen LogP contribution in [0, 0.1) is 11.3 Å². The third kappa shape index (κ3) is 3.98. The summed E-state index contributed by atoms with van der Waals surface area (Å²) in [4.78, 5) is 14.8. The average Bonchev–Trinajstić information content (AvgIpc) is 3.08. The van der Waals surface area contributed by atoms with Crippen LogP contribution in [0.1, 0.15) is 32.7 Å². The number of rotatable bonds is 5. The lowest BCUT2D eigenvalue weighted by Crippen LogP contribution is -1.97. The van der Waals surface area contributed by atoms with Crippen molar-refractivity contribution >= 4 is 40.1 Å². The number of aromatic amines is 1. The molecule has 0 fully saturated rings. The van der Waals surface area contributed by atoms with Gasteiger partial charge in [0.15, 0.2) is 0 Å². The maximum absolute atomic E-state index is 11.3. The number of halogens is 1. The standard InChI is InChI=1S/C25H17ClN2O2/c26-20-9-10-21-22(13-19(15-27)17-7-4-8-18(12-17)25(29)30)23(28-24(21)14-20)11-16-5-2-1-3-6-16/h1-10,12-14,28H,11H2,(H,29,30)/b19-13+. The second-order valence-corrected chi connectivity index (χ2v) is 7.36. The lowest BCUT2D eigenvalue weighted by molar-refractivity contribution is 0.0697. The van der Waals surface area contributed by atoms with E-state index in [1.165, 1.54) is 12.1 Å². The average molecular weight is 413 g/mol. The smallest absolute Gasteiger partial charge is 0.335 e. The Morgan fingerprint density at radius 1 is 1.03 bits per heavy atom. The van der Waals surface area contributed by atoms with Gasteiger partial charge in [0.2, 0.25) is 0 Å². The molecule has 5 heteroatoms. The van der Waals surface area contributed by atoms with Crippen LogP contribution in [0.15, 0.2) is 72.8 Å². The number of aromatic nitrogens is 1. The highest BCUT2D eigenvalue weighted by molar-refractivity contribution is 6.31. The highest BCUT2D eigenvalue weighted by atomic mass is 35.5. The number of nitrogens with one attached hydrogen (secondary N) is 1. The van der Waals surface area contributed by atoms with Crippen molar-refractivity contribution in [1.29, 1.82) is 5.26 Å². The maximum Gasteiger partial charge on any atom is 0.335 e. The van der Waals surface area contributed by atoms with Crippen molar-refractivity contribution in [3.05, 3.63) is 106 Å². The zero-order chi connectivity index (χ0) is 21.1. The Hall–Kier alpha value is -3.81. The number of H-pyrrole nitrogens is 1. The molecule has 0 aliphatic rings. The van der Waals surface area contributed by atoms with Crippen LogP contribution in [0.5, 0.6) is 0 Å². The molecule has 0 atom stereocenters. The fourth-order valence-electron chi connectivity index (χ4n) is 3.50. The number of aromatic carboxylic acids is 1. The summed E-state index contributed by atoms with van der Waals surface area (Å²) >= 11 is 6.17. The molecule has 0 aliphatic heterocycles. The number of hydrogen-bond acceptors (Lipinski definition) is 2. The van der Waals surface area contributed by atoms with Gasteiger partial charge < -0.3 is 10.1 Å². The summed E-state index contributed by atoms with van der Waals surface area (Å²) in [5.74, 6) is -1.03. The number of benzene rings is 3. The quantitative estimate of drug-likeness (QED) is 0.384. The van der Waals surface area contributed by atoms with Crippen molar-refractivity contribution in [2.24, 2.45) is 0 Å². The van der Waals surface area contributed by atoms with Crippen LogP contribution in [0.2, 0.25) is 5.02 Å². The maximum atomic E-state index is 11.3. The van der Waals surface area contributed by atoms with Gasteiger partial charge in [0.05, 0.1) is 17.2 Å². The van der Waals surface area contributed by atoms with Crippen molar-refractivity contribution < 1.29 is 9.90 Å². The fraction of sp³-hybridized carbons (Fsp3) is 0.0400. The number of fused-ring (bicyclic) bond motifs is 1. The molecule has 0 amide bonds. The number of nitrogens with zero attached hydrogens (tertiary/aromatic N) is 1. The Bertz CT molecular complexity index is 1310. The highest BCUT2D eigenvalue weighted by Crippen LogP contribution is 2.30. The number of carboxylic acid groups (broad SMARTS) is 1. The summed E-state index contributed by atoms with van der Waals surface area (Å²) in [6.45, 7) is 0. The molecule has 4 aromatic rings. The molecular formula is C25H17ClN2O2. The third-order valence-corrected chi connectivity index (χ3v) is 5.17. The Morgan fingerprint density at radius 2 is 1.80 bits per heavy atom. The molecule has 0 unspecified atom stereocenters. The normalized spacial score (nSPS) is 11.4. The number of nitriles is 1. The van der Waals surface area contributed by atoms with Crippen LogP contribution >= 0.6 is 11.6 Å². The van der Waals surface area contributed by atoms with Crippen molar-refractivity contribution in [3.8, 4) is 6.07 Å². The minimum atomic E-state index is -1.03. The molecule has 3 aromatic carbocycles. The molecule has 0 spiro atoms. The molecule has 0 radical (unpaired) electrons. The molecular weight excluding hydrogens is 396 g/mol. The first kappa shape index (κ1) is 19.5. The van der Waals surface area contributed by atoms with E-state index in [2.05, 4.69) is 11.1 Å². The van der Waals surface area contributed by atoms with E-state index >= 15 is 0 Å². The highest BCUT2D eigenvalue weighted by Gasteiger charge is 2.13. The predicted molar refractivity (Wildman–Crippen MR) is 119 cm³/mol. The minimum Gasteiger partial charge on any atom is -0.478 e. The van der Waals surface area contributed by atoms with E-state index in [0.717, 1.165) is 27.7 Å². The van der Waals surface area contributed by atoms with Crippen LogP contribution in [-0.2, 0) is 6.42 Å². The van der Waals surface area contributed by atoms with E-state index < -0.39 is 5.97 Å². The van der Waals surface area contributed by atoms with Gasteiger partial charge >= 0.3 is 5.97 Å². The van der Waals surface area contributed by atoms with Crippen molar-refractivity contribution in [2.75, 3.05) is 0 Å². The predicted octanol–water partition coefficient (Wildman–Crippen LogP) is 6.17. The van der Waals surface area contributed by atoms with Gasteiger partial charge in [-0.3, -0.25) is 0 Å². The zero-order valence-electron chi connectivity index (χ0n) is 15.9. The second-order valence-electron chi connectivity index (χ2n) is 6.93. The first-order chi connectivity index (χ1) is 14.5. The van der Waals surface area contributed by atoms with Gasteiger partial charge in [-0.25, -0.2) is 4.79 Å². The first-order valence-electron chi connectivity index (χ1n) is 9.34. The van der Waals surface area contributed by atoms with E-state index in [1.807, 2.05) is 54.6 Å². The summed E-state index contributed by atoms with van der Waals surface area (Å²) in [5, 5.41) is 20.7. The summed E-state index contributed by atoms with van der Waals surface area (Å²) in [6.07, 6.45) is 2.47. The van der Waals surface area contributed by atoms with E-state index in [0.29, 0.717) is 22.6 Å². The second kappa shape index (κ2) is 8.28. The molecule has 4 rings (SSSR count). The van der Waals surface area contributed by atoms with Crippen LogP contribution in [0.25, 0.3) is 22.6 Å². The Labute approximate surface area is 178 Å². The van der Waals surface area contributed by atoms with E-state index in [9.17, 15) is 15.2 Å². The van der Waals surface area contributed by atoms with Gasteiger partial charge in [0.25, 0.3) is 0 Å². The molecule has 1 heterocycles. The summed E-state index contributed by atoms with van der Waals surface area (Å²) in [5.41, 5.74) is 4.97. The van der Waals surface area contributed by atoms with Crippen LogP contribution in [0.3, 0.4) is 0 Å². The lowest BCUT2D eigenvalue weighted by atomic mass is 9.98. The molecule has 0 bridgehead atoms.